The van der Waals surface area contributed by atoms with Crippen LogP contribution in [-0.4, -0.2) is 10.9 Å². The molecule has 1 aromatic heterocycles. The molecule has 0 unspecified atom stereocenters. The number of carbonyl (C=O) groups excluding carboxylic acids is 1. The number of anilines is 1. The van der Waals surface area contributed by atoms with Crippen molar-refractivity contribution in [1.82, 2.24) is 4.98 Å². The van der Waals surface area contributed by atoms with Crippen LogP contribution in [-0.2, 0) is 0 Å². The van der Waals surface area contributed by atoms with Gasteiger partial charge in [0.1, 0.15) is 11.3 Å². The quantitative estimate of drug-likeness (QED) is 0.555. The third-order valence-electron chi connectivity index (χ3n) is 4.06. The molecule has 128 valence electrons. The van der Waals surface area contributed by atoms with Crippen LogP contribution in [0.5, 0.6) is 0 Å². The van der Waals surface area contributed by atoms with Crippen molar-refractivity contribution in [2.75, 3.05) is 5.32 Å². The third-order valence-corrected chi connectivity index (χ3v) is 4.06. The highest BCUT2D eigenvalue weighted by Crippen LogP contribution is 2.26. The van der Waals surface area contributed by atoms with Gasteiger partial charge in [0, 0.05) is 11.3 Å². The average Bonchev–Trinajstić information content (AvgIpc) is 3.06. The number of fused-ring (bicyclic) bond motifs is 1. The first kappa shape index (κ1) is 16.0. The molecule has 4 rings (SSSR count). The summed E-state index contributed by atoms with van der Waals surface area (Å²) in [6.07, 6.45) is 0. The van der Waals surface area contributed by atoms with Crippen molar-refractivity contribution in [2.24, 2.45) is 0 Å². The number of aromatic nitrogens is 1. The molecule has 1 N–H and O–H groups in total. The highest BCUT2D eigenvalue weighted by Gasteiger charge is 2.13. The number of benzene rings is 3. The lowest BCUT2D eigenvalue weighted by Gasteiger charge is -2.05. The SMILES string of the molecule is Cc1ccc(-c2nc3cc(NC(=O)c4ccccc4F)ccc3o2)cc1. The summed E-state index contributed by atoms with van der Waals surface area (Å²) in [4.78, 5) is 16.7. The van der Waals surface area contributed by atoms with E-state index < -0.39 is 11.7 Å². The molecule has 4 aromatic rings. The minimum absolute atomic E-state index is 0.00639. The molecule has 4 nitrogen and oxygen atoms in total. The Kier molecular flexibility index (Phi) is 3.97. The van der Waals surface area contributed by atoms with Gasteiger partial charge in [0.05, 0.1) is 5.56 Å². The van der Waals surface area contributed by atoms with Crippen LogP contribution < -0.4 is 5.32 Å². The fraction of sp³-hybridized carbons (Fsp3) is 0.0476. The molecule has 0 aliphatic rings. The van der Waals surface area contributed by atoms with Gasteiger partial charge in [-0.3, -0.25) is 4.79 Å². The van der Waals surface area contributed by atoms with Gasteiger partial charge in [-0.15, -0.1) is 0 Å². The van der Waals surface area contributed by atoms with Crippen LogP contribution in [0.15, 0.2) is 71.1 Å². The van der Waals surface area contributed by atoms with E-state index in [9.17, 15) is 9.18 Å². The van der Waals surface area contributed by atoms with Gasteiger partial charge in [0.2, 0.25) is 5.89 Å². The van der Waals surface area contributed by atoms with E-state index in [4.69, 9.17) is 4.42 Å². The molecular formula is C21H15FN2O2. The number of nitrogens with one attached hydrogen (secondary N) is 1. The molecule has 3 aromatic carbocycles. The predicted molar refractivity (Wildman–Crippen MR) is 98.5 cm³/mol. The third kappa shape index (κ3) is 3.07. The Morgan fingerprint density at radius 2 is 1.81 bits per heavy atom. The number of aryl methyl sites for hydroxylation is 1. The zero-order chi connectivity index (χ0) is 18.1. The minimum atomic E-state index is -0.561. The number of hydrogen-bond acceptors (Lipinski definition) is 3. The van der Waals surface area contributed by atoms with Gasteiger partial charge in [-0.05, 0) is 49.4 Å². The van der Waals surface area contributed by atoms with E-state index >= 15 is 0 Å². The Morgan fingerprint density at radius 1 is 1.04 bits per heavy atom. The zero-order valence-electron chi connectivity index (χ0n) is 14.0. The second-order valence-electron chi connectivity index (χ2n) is 6.00. The van der Waals surface area contributed by atoms with Gasteiger partial charge in [-0.1, -0.05) is 29.8 Å². The Balaban J connectivity index is 1.62. The van der Waals surface area contributed by atoms with Gasteiger partial charge in [0.25, 0.3) is 5.91 Å². The van der Waals surface area contributed by atoms with Gasteiger partial charge in [-0.2, -0.15) is 0 Å². The maximum absolute atomic E-state index is 13.7. The topological polar surface area (TPSA) is 55.1 Å². The lowest BCUT2D eigenvalue weighted by Crippen LogP contribution is -2.13. The van der Waals surface area contributed by atoms with Crippen LogP contribution >= 0.6 is 0 Å². The standard InChI is InChI=1S/C21H15FN2O2/c1-13-6-8-14(9-7-13)21-24-18-12-15(10-11-19(18)26-21)23-20(25)16-4-2-3-5-17(16)22/h2-12H,1H3,(H,23,25). The number of carbonyl (C=O) groups is 1. The molecule has 5 heteroatoms. The lowest BCUT2D eigenvalue weighted by molar-refractivity contribution is 0.102. The number of rotatable bonds is 3. The van der Waals surface area contributed by atoms with E-state index in [1.807, 2.05) is 31.2 Å². The van der Waals surface area contributed by atoms with Crippen molar-refractivity contribution in [3.63, 3.8) is 0 Å². The normalized spacial score (nSPS) is 10.8. The molecule has 1 amide bonds. The van der Waals surface area contributed by atoms with Crippen molar-refractivity contribution in [3.05, 3.63) is 83.7 Å². The summed E-state index contributed by atoms with van der Waals surface area (Å²) in [7, 11) is 0. The molecule has 0 fully saturated rings. The first-order chi connectivity index (χ1) is 12.6. The molecule has 0 radical (unpaired) electrons. The maximum atomic E-state index is 13.7. The second-order valence-corrected chi connectivity index (χ2v) is 6.00. The number of nitrogens with zero attached hydrogens (tertiary/aromatic N) is 1. The Bertz CT molecular complexity index is 1100. The summed E-state index contributed by atoms with van der Waals surface area (Å²) in [5.74, 6) is -0.559. The van der Waals surface area contributed by atoms with Gasteiger partial charge >= 0.3 is 0 Å². The first-order valence-electron chi connectivity index (χ1n) is 8.14. The summed E-state index contributed by atoms with van der Waals surface area (Å²) < 4.78 is 19.5. The summed E-state index contributed by atoms with van der Waals surface area (Å²) >= 11 is 0. The molecule has 0 atom stereocenters. The number of oxazole rings is 1. The van der Waals surface area contributed by atoms with Crippen molar-refractivity contribution in [3.8, 4) is 11.5 Å². The second kappa shape index (κ2) is 6.44. The first-order valence-corrected chi connectivity index (χ1v) is 8.14. The Labute approximate surface area is 149 Å². The summed E-state index contributed by atoms with van der Waals surface area (Å²) in [5, 5.41) is 2.69. The number of halogens is 1. The molecular weight excluding hydrogens is 331 g/mol. The molecule has 0 aliphatic carbocycles. The molecule has 0 saturated heterocycles. The van der Waals surface area contributed by atoms with Crippen LogP contribution in [0, 0.1) is 12.7 Å². The fourth-order valence-electron chi connectivity index (χ4n) is 2.67. The van der Waals surface area contributed by atoms with Gasteiger partial charge in [-0.25, -0.2) is 9.37 Å². The van der Waals surface area contributed by atoms with E-state index in [0.717, 1.165) is 11.1 Å². The van der Waals surface area contributed by atoms with Crippen LogP contribution in [0.2, 0.25) is 0 Å². The highest BCUT2D eigenvalue weighted by atomic mass is 19.1. The minimum Gasteiger partial charge on any atom is -0.436 e. The number of amides is 1. The van der Waals surface area contributed by atoms with E-state index in [0.29, 0.717) is 22.7 Å². The van der Waals surface area contributed by atoms with Crippen molar-refractivity contribution in [1.29, 1.82) is 0 Å². The van der Waals surface area contributed by atoms with E-state index in [1.165, 1.54) is 12.1 Å². The molecule has 0 spiro atoms. The monoisotopic (exact) mass is 346 g/mol. The lowest BCUT2D eigenvalue weighted by atomic mass is 10.1. The molecule has 0 saturated carbocycles. The predicted octanol–water partition coefficient (Wildman–Crippen LogP) is 5.19. The number of hydrogen-bond donors (Lipinski definition) is 1. The highest BCUT2D eigenvalue weighted by molar-refractivity contribution is 6.05. The summed E-state index contributed by atoms with van der Waals surface area (Å²) in [6, 6.07) is 18.9. The Morgan fingerprint density at radius 3 is 2.58 bits per heavy atom. The molecule has 0 bridgehead atoms. The zero-order valence-corrected chi connectivity index (χ0v) is 14.0. The van der Waals surface area contributed by atoms with E-state index in [1.54, 1.807) is 30.3 Å². The maximum Gasteiger partial charge on any atom is 0.258 e. The van der Waals surface area contributed by atoms with E-state index in [2.05, 4.69) is 10.3 Å². The van der Waals surface area contributed by atoms with E-state index in [-0.39, 0.29) is 5.56 Å². The summed E-state index contributed by atoms with van der Waals surface area (Å²) in [5.41, 5.74) is 3.78. The molecule has 0 aliphatic heterocycles. The van der Waals surface area contributed by atoms with Crippen LogP contribution in [0.3, 0.4) is 0 Å². The van der Waals surface area contributed by atoms with Crippen molar-refractivity contribution in [2.45, 2.75) is 6.92 Å². The van der Waals surface area contributed by atoms with Gasteiger partial charge in [0.15, 0.2) is 5.58 Å². The van der Waals surface area contributed by atoms with Crippen LogP contribution in [0.1, 0.15) is 15.9 Å². The molecule has 26 heavy (non-hydrogen) atoms. The van der Waals surface area contributed by atoms with Crippen LogP contribution in [0.25, 0.3) is 22.6 Å². The fourth-order valence-corrected chi connectivity index (χ4v) is 2.67. The van der Waals surface area contributed by atoms with Gasteiger partial charge < -0.3 is 9.73 Å². The van der Waals surface area contributed by atoms with Crippen LogP contribution in [0.4, 0.5) is 10.1 Å². The average molecular weight is 346 g/mol. The smallest absolute Gasteiger partial charge is 0.258 e. The Hall–Kier alpha value is -3.47. The summed E-state index contributed by atoms with van der Waals surface area (Å²) in [6.45, 7) is 2.01. The largest absolute Gasteiger partial charge is 0.436 e. The molecule has 1 heterocycles. The van der Waals surface area contributed by atoms with Crippen molar-refractivity contribution < 1.29 is 13.6 Å². The van der Waals surface area contributed by atoms with Crippen molar-refractivity contribution >= 4 is 22.7 Å².